The second kappa shape index (κ2) is 7.04. The number of tetrazole rings is 1. The van der Waals surface area contributed by atoms with Gasteiger partial charge in [-0.2, -0.15) is 4.68 Å². The third kappa shape index (κ3) is 3.44. The smallest absolute Gasteiger partial charge is 0.214 e. The zero-order valence-electron chi connectivity index (χ0n) is 12.3. The van der Waals surface area contributed by atoms with Gasteiger partial charge in [-0.15, -0.1) is 5.10 Å². The van der Waals surface area contributed by atoms with Gasteiger partial charge < -0.3 is 5.32 Å². The van der Waals surface area contributed by atoms with E-state index in [4.69, 9.17) is 0 Å². The number of rotatable bonds is 5. The Morgan fingerprint density at radius 2 is 2.05 bits per heavy atom. The van der Waals surface area contributed by atoms with Gasteiger partial charge in [-0.3, -0.25) is 0 Å². The van der Waals surface area contributed by atoms with Crippen molar-refractivity contribution in [1.82, 2.24) is 25.5 Å². The Bertz CT molecular complexity index is 554. The second-order valence-corrected chi connectivity index (χ2v) is 6.52. The standard InChI is InChI=1S/C15H21N5S/c1-2-16-13-10-6-7-11-14(13)21-15-17-18-19-20(15)12-8-4-3-5-9-12/h3-5,8-9,13-14,16H,2,6-7,10-11H2,1H3. The fourth-order valence-electron chi connectivity index (χ4n) is 2.85. The summed E-state index contributed by atoms with van der Waals surface area (Å²) in [5.41, 5.74) is 1.01. The summed E-state index contributed by atoms with van der Waals surface area (Å²) < 4.78 is 1.84. The van der Waals surface area contributed by atoms with Gasteiger partial charge in [0, 0.05) is 11.3 Å². The van der Waals surface area contributed by atoms with Crippen LogP contribution in [0.1, 0.15) is 32.6 Å². The average Bonchev–Trinajstić information content (AvgIpc) is 2.99. The van der Waals surface area contributed by atoms with Gasteiger partial charge in [0.1, 0.15) is 0 Å². The zero-order chi connectivity index (χ0) is 14.5. The molecule has 5 nitrogen and oxygen atoms in total. The molecule has 1 heterocycles. The molecule has 1 aliphatic rings. The highest BCUT2D eigenvalue weighted by Gasteiger charge is 2.27. The van der Waals surface area contributed by atoms with Gasteiger partial charge in [-0.05, 0) is 41.9 Å². The Balaban J connectivity index is 1.77. The fraction of sp³-hybridized carbons (Fsp3) is 0.533. The molecule has 1 fully saturated rings. The summed E-state index contributed by atoms with van der Waals surface area (Å²) in [7, 11) is 0. The lowest BCUT2D eigenvalue weighted by Gasteiger charge is -2.31. The van der Waals surface area contributed by atoms with Crippen LogP contribution < -0.4 is 5.32 Å². The molecule has 1 saturated carbocycles. The average molecular weight is 303 g/mol. The van der Waals surface area contributed by atoms with Crippen LogP contribution in [-0.4, -0.2) is 38.0 Å². The maximum absolute atomic E-state index is 4.22. The van der Waals surface area contributed by atoms with Gasteiger partial charge in [0.15, 0.2) is 0 Å². The van der Waals surface area contributed by atoms with Crippen molar-refractivity contribution in [2.75, 3.05) is 6.54 Å². The van der Waals surface area contributed by atoms with Crippen molar-refractivity contribution in [1.29, 1.82) is 0 Å². The largest absolute Gasteiger partial charge is 0.313 e. The van der Waals surface area contributed by atoms with Crippen molar-refractivity contribution < 1.29 is 0 Å². The van der Waals surface area contributed by atoms with Gasteiger partial charge in [0.25, 0.3) is 0 Å². The van der Waals surface area contributed by atoms with Crippen LogP contribution >= 0.6 is 11.8 Å². The predicted molar refractivity (Wildman–Crippen MR) is 84.7 cm³/mol. The minimum atomic E-state index is 0.548. The number of para-hydroxylation sites is 1. The lowest BCUT2D eigenvalue weighted by molar-refractivity contribution is 0.390. The van der Waals surface area contributed by atoms with Crippen LogP contribution in [0, 0.1) is 0 Å². The highest BCUT2D eigenvalue weighted by atomic mass is 32.2. The molecule has 0 spiro atoms. The molecule has 0 amide bonds. The molecule has 1 N–H and O–H groups in total. The van der Waals surface area contributed by atoms with Crippen molar-refractivity contribution >= 4 is 11.8 Å². The highest BCUT2D eigenvalue weighted by Crippen LogP contribution is 2.33. The van der Waals surface area contributed by atoms with E-state index in [0.717, 1.165) is 17.4 Å². The van der Waals surface area contributed by atoms with Gasteiger partial charge in [-0.1, -0.05) is 49.7 Å². The number of nitrogens with zero attached hydrogens (tertiary/aromatic N) is 4. The maximum Gasteiger partial charge on any atom is 0.214 e. The van der Waals surface area contributed by atoms with E-state index in [1.807, 2.05) is 35.0 Å². The van der Waals surface area contributed by atoms with Crippen LogP contribution in [0.3, 0.4) is 0 Å². The van der Waals surface area contributed by atoms with E-state index in [1.54, 1.807) is 11.8 Å². The third-order valence-corrected chi connectivity index (χ3v) is 5.20. The van der Waals surface area contributed by atoms with Crippen molar-refractivity contribution in [3.63, 3.8) is 0 Å². The molecule has 2 aromatic rings. The number of hydrogen-bond acceptors (Lipinski definition) is 5. The van der Waals surface area contributed by atoms with E-state index in [0.29, 0.717) is 11.3 Å². The van der Waals surface area contributed by atoms with Crippen molar-refractivity contribution in [3.05, 3.63) is 30.3 Å². The molecular weight excluding hydrogens is 282 g/mol. The minimum absolute atomic E-state index is 0.548. The summed E-state index contributed by atoms with van der Waals surface area (Å²) in [5, 5.41) is 17.3. The molecule has 0 bridgehead atoms. The van der Waals surface area contributed by atoms with E-state index in [9.17, 15) is 0 Å². The van der Waals surface area contributed by atoms with Crippen molar-refractivity contribution in [2.45, 2.75) is 49.1 Å². The first-order valence-corrected chi connectivity index (χ1v) is 8.50. The Morgan fingerprint density at radius 3 is 2.86 bits per heavy atom. The van der Waals surface area contributed by atoms with Crippen LogP contribution in [0.2, 0.25) is 0 Å². The number of aromatic nitrogens is 4. The Morgan fingerprint density at radius 1 is 1.24 bits per heavy atom. The minimum Gasteiger partial charge on any atom is -0.313 e. The number of nitrogens with one attached hydrogen (secondary N) is 1. The summed E-state index contributed by atoms with van der Waals surface area (Å²) in [5.74, 6) is 0. The third-order valence-electron chi connectivity index (χ3n) is 3.87. The van der Waals surface area contributed by atoms with E-state index in [-0.39, 0.29) is 0 Å². The van der Waals surface area contributed by atoms with Crippen LogP contribution in [0.4, 0.5) is 0 Å². The molecule has 1 aromatic carbocycles. The summed E-state index contributed by atoms with van der Waals surface area (Å²) in [4.78, 5) is 0. The van der Waals surface area contributed by atoms with Crippen LogP contribution in [0.15, 0.2) is 35.5 Å². The summed E-state index contributed by atoms with van der Waals surface area (Å²) in [6, 6.07) is 10.6. The molecule has 0 aliphatic heterocycles. The molecule has 21 heavy (non-hydrogen) atoms. The number of thioether (sulfide) groups is 1. The first-order chi connectivity index (χ1) is 10.4. The molecule has 112 valence electrons. The van der Waals surface area contributed by atoms with Gasteiger partial charge in [0.2, 0.25) is 5.16 Å². The molecule has 0 saturated heterocycles. The van der Waals surface area contributed by atoms with E-state index in [1.165, 1.54) is 25.7 Å². The maximum atomic E-state index is 4.22. The lowest BCUT2D eigenvalue weighted by Crippen LogP contribution is -2.40. The van der Waals surface area contributed by atoms with E-state index < -0.39 is 0 Å². The summed E-state index contributed by atoms with van der Waals surface area (Å²) in [6.07, 6.45) is 5.09. The molecule has 3 rings (SSSR count). The van der Waals surface area contributed by atoms with E-state index >= 15 is 0 Å². The van der Waals surface area contributed by atoms with Crippen LogP contribution in [0.25, 0.3) is 5.69 Å². The Labute approximate surface area is 129 Å². The molecule has 1 aliphatic carbocycles. The fourth-order valence-corrected chi connectivity index (χ4v) is 4.13. The summed E-state index contributed by atoms with van der Waals surface area (Å²) in [6.45, 7) is 3.19. The molecule has 2 unspecified atom stereocenters. The predicted octanol–water partition coefficient (Wildman–Crippen LogP) is 2.68. The molecule has 6 heteroatoms. The number of benzene rings is 1. The Hall–Kier alpha value is -1.40. The number of hydrogen-bond donors (Lipinski definition) is 1. The summed E-state index contributed by atoms with van der Waals surface area (Å²) >= 11 is 1.81. The Kier molecular flexibility index (Phi) is 4.87. The van der Waals surface area contributed by atoms with Crippen LogP contribution in [-0.2, 0) is 0 Å². The first-order valence-electron chi connectivity index (χ1n) is 7.62. The lowest BCUT2D eigenvalue weighted by atomic mass is 9.95. The molecular formula is C15H21N5S. The van der Waals surface area contributed by atoms with Gasteiger partial charge in [-0.25, -0.2) is 0 Å². The van der Waals surface area contributed by atoms with Gasteiger partial charge in [0.05, 0.1) is 5.69 Å². The first kappa shape index (κ1) is 14.5. The normalized spacial score (nSPS) is 22.3. The second-order valence-electron chi connectivity index (χ2n) is 5.31. The van der Waals surface area contributed by atoms with Crippen molar-refractivity contribution in [2.24, 2.45) is 0 Å². The highest BCUT2D eigenvalue weighted by molar-refractivity contribution is 7.99. The van der Waals surface area contributed by atoms with Crippen LogP contribution in [0.5, 0.6) is 0 Å². The molecule has 2 atom stereocenters. The topological polar surface area (TPSA) is 55.6 Å². The SMILES string of the molecule is CCNC1CCCCC1Sc1nnnn1-c1ccccc1. The zero-order valence-corrected chi connectivity index (χ0v) is 13.1. The quantitative estimate of drug-likeness (QED) is 0.920. The van der Waals surface area contributed by atoms with Gasteiger partial charge >= 0.3 is 0 Å². The van der Waals surface area contributed by atoms with E-state index in [2.05, 4.69) is 27.8 Å². The molecule has 0 radical (unpaired) electrons. The monoisotopic (exact) mass is 303 g/mol. The van der Waals surface area contributed by atoms with Crippen molar-refractivity contribution in [3.8, 4) is 5.69 Å². The molecule has 1 aromatic heterocycles.